The van der Waals surface area contributed by atoms with Gasteiger partial charge in [0, 0.05) is 12.8 Å². The van der Waals surface area contributed by atoms with Crippen LogP contribution in [0.2, 0.25) is 0 Å². The number of hydrogen-bond acceptors (Lipinski definition) is 7. The Morgan fingerprint density at radius 1 is 0.479 bits per heavy atom. The van der Waals surface area contributed by atoms with Gasteiger partial charge in [-0.1, -0.05) is 222 Å². The zero-order chi connectivity index (χ0) is 53.6. The molecule has 0 saturated carbocycles. The summed E-state index contributed by atoms with van der Waals surface area (Å²) in [4.78, 5) is 39.9. The van der Waals surface area contributed by atoms with Gasteiger partial charge in [0.05, 0.1) is 33.8 Å². The zero-order valence-corrected chi connectivity index (χ0v) is 49.2. The first kappa shape index (κ1) is 70.5. The van der Waals surface area contributed by atoms with Gasteiger partial charge >= 0.3 is 5.97 Å². The number of allylic oxidation sites excluding steroid dienone is 11. The van der Waals surface area contributed by atoms with E-state index in [-0.39, 0.29) is 24.9 Å². The van der Waals surface area contributed by atoms with Gasteiger partial charge in [0.2, 0.25) is 5.91 Å². The lowest BCUT2D eigenvalue weighted by Gasteiger charge is -2.30. The van der Waals surface area contributed by atoms with E-state index in [0.29, 0.717) is 23.9 Å². The lowest BCUT2D eigenvalue weighted by molar-refractivity contribution is -0.870. The summed E-state index contributed by atoms with van der Waals surface area (Å²) in [6.45, 7) is 6.78. The number of phosphoric acid groups is 1. The highest BCUT2D eigenvalue weighted by atomic mass is 31.2. The quantitative estimate of drug-likeness (QED) is 0.0212. The molecule has 0 aliphatic heterocycles. The average Bonchev–Trinajstić information content (AvgIpc) is 3.35. The number of unbranched alkanes of at least 4 members (excludes halogenated alkanes) is 28. The highest BCUT2D eigenvalue weighted by Gasteiger charge is 2.27. The summed E-state index contributed by atoms with van der Waals surface area (Å²) in [6.07, 6.45) is 67.2. The van der Waals surface area contributed by atoms with Crippen LogP contribution in [-0.2, 0) is 27.9 Å². The second-order valence-corrected chi connectivity index (χ2v) is 22.9. The van der Waals surface area contributed by atoms with Crippen molar-refractivity contribution in [3.05, 3.63) is 72.9 Å². The molecule has 0 heterocycles. The molecule has 0 aliphatic carbocycles. The van der Waals surface area contributed by atoms with Crippen molar-refractivity contribution in [2.45, 2.75) is 277 Å². The third-order valence-corrected chi connectivity index (χ3v) is 14.1. The first-order valence-corrected chi connectivity index (χ1v) is 31.7. The minimum Gasteiger partial charge on any atom is -0.756 e. The van der Waals surface area contributed by atoms with Gasteiger partial charge in [-0.25, -0.2) is 0 Å². The molecule has 0 fully saturated rings. The molecular weight excluding hydrogens is 928 g/mol. The van der Waals surface area contributed by atoms with Crippen LogP contribution in [0.3, 0.4) is 0 Å². The van der Waals surface area contributed by atoms with E-state index in [1.807, 2.05) is 33.3 Å². The van der Waals surface area contributed by atoms with Crippen LogP contribution < -0.4 is 10.2 Å². The van der Waals surface area contributed by atoms with Crippen molar-refractivity contribution >= 4 is 19.7 Å². The molecular formula is C63H115N2O7P. The maximum Gasteiger partial charge on any atom is 0.306 e. The highest BCUT2D eigenvalue weighted by Crippen LogP contribution is 2.38. The lowest BCUT2D eigenvalue weighted by atomic mass is 10.0. The Morgan fingerprint density at radius 2 is 0.836 bits per heavy atom. The normalized spacial score (nSPS) is 14.2. The van der Waals surface area contributed by atoms with E-state index in [2.05, 4.69) is 86.8 Å². The summed E-state index contributed by atoms with van der Waals surface area (Å²) in [6, 6.07) is -0.907. The van der Waals surface area contributed by atoms with Crippen molar-refractivity contribution in [3.63, 3.8) is 0 Å². The monoisotopic (exact) mass is 1040 g/mol. The molecule has 0 spiro atoms. The number of nitrogens with zero attached hydrogens (tertiary/aromatic N) is 1. The summed E-state index contributed by atoms with van der Waals surface area (Å²) in [7, 11) is 1.16. The molecule has 0 aliphatic rings. The van der Waals surface area contributed by atoms with Gasteiger partial charge in [-0.2, -0.15) is 0 Å². The molecule has 73 heavy (non-hydrogen) atoms. The van der Waals surface area contributed by atoms with Crippen LogP contribution in [0.5, 0.6) is 0 Å². The molecule has 0 aromatic heterocycles. The van der Waals surface area contributed by atoms with Crippen molar-refractivity contribution in [2.24, 2.45) is 0 Å². The topological polar surface area (TPSA) is 114 Å². The second kappa shape index (κ2) is 52.9. The lowest BCUT2D eigenvalue weighted by Crippen LogP contribution is -2.47. The molecule has 10 heteroatoms. The van der Waals surface area contributed by atoms with E-state index in [9.17, 15) is 19.0 Å². The Balaban J connectivity index is 5.37. The third-order valence-electron chi connectivity index (χ3n) is 13.1. The van der Waals surface area contributed by atoms with Gasteiger partial charge in [0.15, 0.2) is 0 Å². The predicted molar refractivity (Wildman–Crippen MR) is 312 cm³/mol. The van der Waals surface area contributed by atoms with Crippen LogP contribution in [0.25, 0.3) is 0 Å². The Kier molecular flexibility index (Phi) is 51.0. The molecule has 0 rings (SSSR count). The van der Waals surface area contributed by atoms with Crippen LogP contribution in [0, 0.1) is 0 Å². The smallest absolute Gasteiger partial charge is 0.306 e. The summed E-state index contributed by atoms with van der Waals surface area (Å²) < 4.78 is 30.2. The zero-order valence-electron chi connectivity index (χ0n) is 48.3. The van der Waals surface area contributed by atoms with Gasteiger partial charge in [0.25, 0.3) is 7.82 Å². The fourth-order valence-corrected chi connectivity index (χ4v) is 9.10. The maximum atomic E-state index is 13.5. The van der Waals surface area contributed by atoms with E-state index >= 15 is 0 Å². The molecule has 3 atom stereocenters. The minimum atomic E-state index is -4.71. The van der Waals surface area contributed by atoms with Crippen molar-refractivity contribution in [1.82, 2.24) is 5.32 Å². The second-order valence-electron chi connectivity index (χ2n) is 21.5. The Morgan fingerprint density at radius 3 is 1.30 bits per heavy atom. The molecule has 0 saturated heterocycles. The largest absolute Gasteiger partial charge is 0.756 e. The number of amides is 1. The number of phosphoric ester groups is 1. The summed E-state index contributed by atoms with van der Waals surface area (Å²) in [5, 5.41) is 3.01. The number of carbonyl (C=O) groups excluding carboxylic acids is 2. The fraction of sp³-hybridized carbons (Fsp3) is 0.778. The average molecular weight is 1040 g/mol. The molecule has 1 N–H and O–H groups in total. The van der Waals surface area contributed by atoms with Crippen LogP contribution in [0.1, 0.15) is 265 Å². The first-order chi connectivity index (χ1) is 35.4. The van der Waals surface area contributed by atoms with E-state index in [0.717, 1.165) is 96.3 Å². The molecule has 3 unspecified atom stereocenters. The number of nitrogens with one attached hydrogen (secondary N) is 1. The molecule has 0 radical (unpaired) electrons. The molecule has 424 valence electrons. The van der Waals surface area contributed by atoms with E-state index in [1.54, 1.807) is 0 Å². The molecule has 9 nitrogen and oxygen atoms in total. The van der Waals surface area contributed by atoms with Crippen LogP contribution in [-0.4, -0.2) is 69.4 Å². The Labute approximate surface area is 451 Å². The van der Waals surface area contributed by atoms with Gasteiger partial charge in [0.1, 0.15) is 19.3 Å². The fourth-order valence-electron chi connectivity index (χ4n) is 8.38. The molecule has 0 aromatic rings. The SMILES string of the molecule is CCCCC/C=C\C/C=C\C/C=C\C/C=C\CCCCCC(=O)OC(/C=C/CCCCCCCCCCCC)C(COP(=O)([O-])OCC[N+](C)(C)C)NC(=O)CCCCCCC/C=C/CCCCCCCCC. The number of esters is 1. The molecule has 0 aromatic carbocycles. The standard InChI is InChI=1S/C63H115N2O7P/c1-7-10-13-16-19-22-25-28-30-32-33-34-36-38-41-44-47-50-53-56-63(67)72-61(54-51-48-45-42-39-27-24-21-18-15-12-9-3)60(59-71-73(68,69)70-58-57-65(4,5)6)64-62(66)55-52-49-46-43-40-37-35-31-29-26-23-20-17-14-11-8-2/h19,22,28,30-31,33-35,38,41,51,54,60-61H,7-18,20-21,23-27,29,32,36-37,39-40,42-50,52-53,55-59H2,1-6H3,(H-,64,66,68,69)/b22-19-,30-28-,34-33-,35-31+,41-38-,54-51+. The maximum absolute atomic E-state index is 13.5. The van der Waals surface area contributed by atoms with Crippen LogP contribution in [0.4, 0.5) is 0 Å². The van der Waals surface area contributed by atoms with Gasteiger partial charge in [-0.3, -0.25) is 14.2 Å². The summed E-state index contributed by atoms with van der Waals surface area (Å²) in [5.41, 5.74) is 0. The predicted octanol–water partition coefficient (Wildman–Crippen LogP) is 17.8. The van der Waals surface area contributed by atoms with Crippen molar-refractivity contribution < 1.29 is 37.3 Å². The highest BCUT2D eigenvalue weighted by molar-refractivity contribution is 7.45. The van der Waals surface area contributed by atoms with Crippen molar-refractivity contribution in [3.8, 4) is 0 Å². The Bertz CT molecular complexity index is 1480. The minimum absolute atomic E-state index is 0.0313. The number of quaternary nitrogens is 1. The van der Waals surface area contributed by atoms with E-state index < -0.39 is 26.6 Å². The number of hydrogen-bond donors (Lipinski definition) is 1. The number of rotatable bonds is 54. The molecule has 1 amide bonds. The number of likely N-dealkylation sites (N-methyl/N-ethyl adjacent to an activating group) is 1. The summed E-state index contributed by atoms with van der Waals surface area (Å²) >= 11 is 0. The van der Waals surface area contributed by atoms with Gasteiger partial charge in [-0.05, 0) is 102 Å². The third kappa shape index (κ3) is 54.1. The first-order valence-electron chi connectivity index (χ1n) is 30.2. The van der Waals surface area contributed by atoms with E-state index in [1.165, 1.54) is 128 Å². The van der Waals surface area contributed by atoms with Crippen molar-refractivity contribution in [1.29, 1.82) is 0 Å². The van der Waals surface area contributed by atoms with Crippen LogP contribution in [0.15, 0.2) is 72.9 Å². The van der Waals surface area contributed by atoms with Gasteiger partial charge < -0.3 is 28.5 Å². The van der Waals surface area contributed by atoms with E-state index in [4.69, 9.17) is 13.8 Å². The number of carbonyl (C=O) groups is 2. The Hall–Kier alpha value is -2.55. The van der Waals surface area contributed by atoms with Crippen molar-refractivity contribution in [2.75, 3.05) is 40.9 Å². The van der Waals surface area contributed by atoms with Gasteiger partial charge in [-0.15, -0.1) is 0 Å². The number of ether oxygens (including phenoxy) is 1. The van der Waals surface area contributed by atoms with Crippen LogP contribution >= 0.6 is 7.82 Å². The summed E-state index contributed by atoms with van der Waals surface area (Å²) in [5.74, 6) is -0.586. The molecule has 0 bridgehead atoms.